The third-order valence-corrected chi connectivity index (χ3v) is 4.10. The minimum absolute atomic E-state index is 0.0528. The van der Waals surface area contributed by atoms with Gasteiger partial charge in [-0.25, -0.2) is 0 Å². The lowest BCUT2D eigenvalue weighted by molar-refractivity contribution is -0.126. The van der Waals surface area contributed by atoms with Gasteiger partial charge in [0, 0.05) is 25.7 Å². The first-order valence-electron chi connectivity index (χ1n) is 6.90. The second-order valence-corrected chi connectivity index (χ2v) is 5.91. The molecule has 2 saturated heterocycles. The molecule has 2 aliphatic heterocycles. The van der Waals surface area contributed by atoms with Crippen LogP contribution in [0.4, 0.5) is 0 Å². The van der Waals surface area contributed by atoms with E-state index in [1.165, 1.54) is 0 Å². The van der Waals surface area contributed by atoms with Gasteiger partial charge in [0.25, 0.3) is 0 Å². The minimum Gasteiger partial charge on any atom is -0.379 e. The zero-order valence-electron chi connectivity index (χ0n) is 11.4. The Hall–Kier alpha value is -0.650. The Labute approximate surface area is 109 Å². The fourth-order valence-corrected chi connectivity index (χ4v) is 2.67. The van der Waals surface area contributed by atoms with Gasteiger partial charge >= 0.3 is 0 Å². The van der Waals surface area contributed by atoms with Crippen LogP contribution in [-0.4, -0.2) is 55.2 Å². The van der Waals surface area contributed by atoms with E-state index in [9.17, 15) is 4.79 Å². The number of nitrogens with zero attached hydrogens (tertiary/aromatic N) is 1. The van der Waals surface area contributed by atoms with Crippen molar-refractivity contribution in [3.8, 4) is 0 Å². The zero-order valence-corrected chi connectivity index (χ0v) is 11.4. The summed E-state index contributed by atoms with van der Waals surface area (Å²) < 4.78 is 5.21. The van der Waals surface area contributed by atoms with Crippen molar-refractivity contribution >= 4 is 5.91 Å². The molecule has 0 aromatic rings. The van der Waals surface area contributed by atoms with Crippen LogP contribution in [0.3, 0.4) is 0 Å². The highest BCUT2D eigenvalue weighted by Crippen LogP contribution is 2.19. The van der Waals surface area contributed by atoms with Crippen LogP contribution >= 0.6 is 0 Å². The Morgan fingerprint density at radius 3 is 2.94 bits per heavy atom. The van der Waals surface area contributed by atoms with E-state index in [1.807, 2.05) is 0 Å². The van der Waals surface area contributed by atoms with E-state index >= 15 is 0 Å². The summed E-state index contributed by atoms with van der Waals surface area (Å²) in [6, 6.07) is 0.592. The molecule has 2 fully saturated rings. The predicted molar refractivity (Wildman–Crippen MR) is 70.2 cm³/mol. The Kier molecular flexibility index (Phi) is 4.25. The number of nitrogens with one attached hydrogen (secondary N) is 1. The molecule has 0 aliphatic carbocycles. The fourth-order valence-electron chi connectivity index (χ4n) is 2.67. The lowest BCUT2D eigenvalue weighted by atomic mass is 9.99. The van der Waals surface area contributed by atoms with E-state index in [1.54, 1.807) is 0 Å². The normalized spacial score (nSPS) is 33.2. The molecule has 1 amide bonds. The topological polar surface area (TPSA) is 67.6 Å². The number of hydrogen-bond donors (Lipinski definition) is 2. The average Bonchev–Trinajstić information content (AvgIpc) is 2.95. The number of rotatable bonds is 4. The van der Waals surface area contributed by atoms with E-state index in [4.69, 9.17) is 10.5 Å². The highest BCUT2D eigenvalue weighted by atomic mass is 16.5. The van der Waals surface area contributed by atoms with E-state index < -0.39 is 5.54 Å². The van der Waals surface area contributed by atoms with Gasteiger partial charge in [0.15, 0.2) is 0 Å². The fraction of sp³-hybridized carbons (Fsp3) is 0.923. The molecule has 2 rings (SSSR count). The van der Waals surface area contributed by atoms with Gasteiger partial charge in [-0.1, -0.05) is 0 Å². The summed E-state index contributed by atoms with van der Waals surface area (Å²) in [5, 5.41) is 3.00. The summed E-state index contributed by atoms with van der Waals surface area (Å²) in [4.78, 5) is 14.5. The molecule has 2 heterocycles. The standard InChI is InChI=1S/C13H25N3O2/c1-10(2)16-5-3-11(8-16)7-15-12(17)13(14)4-6-18-9-13/h10-11H,3-9,14H2,1-2H3,(H,15,17). The number of carbonyl (C=O) groups is 1. The van der Waals surface area contributed by atoms with Gasteiger partial charge in [-0.05, 0) is 39.2 Å². The maximum atomic E-state index is 12.0. The highest BCUT2D eigenvalue weighted by Gasteiger charge is 2.38. The molecule has 5 heteroatoms. The predicted octanol–water partition coefficient (Wildman–Crippen LogP) is -0.0493. The molecular weight excluding hydrogens is 230 g/mol. The molecule has 0 aromatic heterocycles. The van der Waals surface area contributed by atoms with Gasteiger partial charge in [-0.2, -0.15) is 0 Å². The molecule has 0 saturated carbocycles. The first-order chi connectivity index (χ1) is 8.51. The number of nitrogens with two attached hydrogens (primary N) is 1. The number of likely N-dealkylation sites (tertiary alicyclic amines) is 1. The van der Waals surface area contributed by atoms with Crippen molar-refractivity contribution in [1.82, 2.24) is 10.2 Å². The van der Waals surface area contributed by atoms with Gasteiger partial charge in [-0.3, -0.25) is 4.79 Å². The number of hydrogen-bond acceptors (Lipinski definition) is 4. The Morgan fingerprint density at radius 1 is 1.61 bits per heavy atom. The van der Waals surface area contributed by atoms with Crippen molar-refractivity contribution in [2.75, 3.05) is 32.8 Å². The number of ether oxygens (including phenoxy) is 1. The third-order valence-electron chi connectivity index (χ3n) is 4.10. The van der Waals surface area contributed by atoms with Gasteiger partial charge in [0.05, 0.1) is 6.61 Å². The van der Waals surface area contributed by atoms with Crippen LogP contribution in [0.15, 0.2) is 0 Å². The number of carbonyl (C=O) groups excluding carboxylic acids is 1. The van der Waals surface area contributed by atoms with E-state index in [0.29, 0.717) is 31.6 Å². The lowest BCUT2D eigenvalue weighted by Crippen LogP contribution is -2.55. The molecule has 0 spiro atoms. The van der Waals surface area contributed by atoms with E-state index in [0.717, 1.165) is 26.1 Å². The highest BCUT2D eigenvalue weighted by molar-refractivity contribution is 5.86. The quantitative estimate of drug-likeness (QED) is 0.739. The monoisotopic (exact) mass is 255 g/mol. The van der Waals surface area contributed by atoms with Crippen molar-refractivity contribution < 1.29 is 9.53 Å². The molecular formula is C13H25N3O2. The van der Waals surface area contributed by atoms with Crippen LogP contribution in [-0.2, 0) is 9.53 Å². The molecule has 2 atom stereocenters. The lowest BCUT2D eigenvalue weighted by Gasteiger charge is -2.23. The average molecular weight is 255 g/mol. The van der Waals surface area contributed by atoms with Gasteiger partial charge in [0.2, 0.25) is 5.91 Å². The maximum Gasteiger partial charge on any atom is 0.242 e. The minimum atomic E-state index is -0.795. The van der Waals surface area contributed by atoms with Crippen molar-refractivity contribution in [1.29, 1.82) is 0 Å². The second-order valence-electron chi connectivity index (χ2n) is 5.91. The van der Waals surface area contributed by atoms with Crippen LogP contribution in [0.5, 0.6) is 0 Å². The molecule has 18 heavy (non-hydrogen) atoms. The SMILES string of the molecule is CC(C)N1CCC(CNC(=O)C2(N)CCOC2)C1. The van der Waals surface area contributed by atoms with Crippen LogP contribution in [0, 0.1) is 5.92 Å². The van der Waals surface area contributed by atoms with Crippen molar-refractivity contribution in [3.63, 3.8) is 0 Å². The summed E-state index contributed by atoms with van der Waals surface area (Å²) in [6.45, 7) is 8.32. The van der Waals surface area contributed by atoms with Crippen molar-refractivity contribution in [2.24, 2.45) is 11.7 Å². The molecule has 3 N–H and O–H groups in total. The largest absolute Gasteiger partial charge is 0.379 e. The Balaban J connectivity index is 1.74. The summed E-state index contributed by atoms with van der Waals surface area (Å²) in [7, 11) is 0. The molecule has 0 bridgehead atoms. The van der Waals surface area contributed by atoms with E-state index in [-0.39, 0.29) is 5.91 Å². The molecule has 0 radical (unpaired) electrons. The van der Waals surface area contributed by atoms with Crippen LogP contribution in [0.1, 0.15) is 26.7 Å². The summed E-state index contributed by atoms with van der Waals surface area (Å²) in [5.41, 5.74) is 5.22. The molecule has 0 aromatic carbocycles. The smallest absolute Gasteiger partial charge is 0.242 e. The molecule has 2 aliphatic rings. The van der Waals surface area contributed by atoms with Gasteiger partial charge < -0.3 is 20.7 Å². The van der Waals surface area contributed by atoms with Crippen LogP contribution in [0.25, 0.3) is 0 Å². The van der Waals surface area contributed by atoms with Crippen LogP contribution in [0.2, 0.25) is 0 Å². The van der Waals surface area contributed by atoms with Crippen LogP contribution < -0.4 is 11.1 Å². The summed E-state index contributed by atoms with van der Waals surface area (Å²) >= 11 is 0. The van der Waals surface area contributed by atoms with E-state index in [2.05, 4.69) is 24.1 Å². The van der Waals surface area contributed by atoms with Crippen molar-refractivity contribution in [3.05, 3.63) is 0 Å². The second kappa shape index (κ2) is 5.55. The summed E-state index contributed by atoms with van der Waals surface area (Å²) in [5.74, 6) is 0.505. The molecule has 5 nitrogen and oxygen atoms in total. The maximum absolute atomic E-state index is 12.0. The van der Waals surface area contributed by atoms with Crippen molar-refractivity contribution in [2.45, 2.75) is 38.3 Å². The first-order valence-corrected chi connectivity index (χ1v) is 6.90. The zero-order chi connectivity index (χ0) is 13.2. The van der Waals surface area contributed by atoms with Gasteiger partial charge in [0.1, 0.15) is 5.54 Å². The first kappa shape index (κ1) is 13.8. The molecule has 104 valence electrons. The Bertz CT molecular complexity index is 301. The number of amides is 1. The summed E-state index contributed by atoms with van der Waals surface area (Å²) in [6.07, 6.45) is 1.79. The van der Waals surface area contributed by atoms with Gasteiger partial charge in [-0.15, -0.1) is 0 Å². The molecule has 2 unspecified atom stereocenters. The Morgan fingerprint density at radius 2 is 2.39 bits per heavy atom. The third kappa shape index (κ3) is 3.02.